The van der Waals surface area contributed by atoms with Crippen molar-refractivity contribution in [2.24, 2.45) is 5.10 Å². The average Bonchev–Trinajstić information content (AvgIpc) is 2.54. The van der Waals surface area contributed by atoms with Crippen LogP contribution in [0.4, 0.5) is 11.4 Å². The molecule has 0 bridgehead atoms. The zero-order chi connectivity index (χ0) is 18.4. The van der Waals surface area contributed by atoms with Crippen LogP contribution >= 0.6 is 0 Å². The Bertz CT molecular complexity index is 841. The van der Waals surface area contributed by atoms with Crippen LogP contribution in [-0.2, 0) is 9.59 Å². The number of para-hydroxylation sites is 1. The Morgan fingerprint density at radius 3 is 2.36 bits per heavy atom. The maximum Gasteiger partial charge on any atom is 0.329 e. The smallest absolute Gasteiger partial charge is 0.318 e. The molecule has 8 heteroatoms. The molecule has 0 unspecified atom stereocenters. The van der Waals surface area contributed by atoms with Gasteiger partial charge in [0.2, 0.25) is 0 Å². The first-order chi connectivity index (χ1) is 11.9. The van der Waals surface area contributed by atoms with Gasteiger partial charge in [0.05, 0.1) is 16.7 Å². The molecule has 0 atom stereocenters. The topological polar surface area (TPSA) is 114 Å². The molecule has 128 valence electrons. The highest BCUT2D eigenvalue weighted by Gasteiger charge is 2.14. The first-order valence-corrected chi connectivity index (χ1v) is 7.33. The van der Waals surface area contributed by atoms with Crippen molar-refractivity contribution in [2.45, 2.75) is 13.8 Å². The van der Waals surface area contributed by atoms with Crippen LogP contribution in [0.2, 0.25) is 0 Å². The van der Waals surface area contributed by atoms with E-state index in [0.717, 1.165) is 17.3 Å². The largest absolute Gasteiger partial charge is 0.329 e. The monoisotopic (exact) mass is 340 g/mol. The number of hydrogen-bond acceptors (Lipinski definition) is 5. The zero-order valence-corrected chi connectivity index (χ0v) is 13.6. The Kier molecular flexibility index (Phi) is 5.57. The van der Waals surface area contributed by atoms with Crippen molar-refractivity contribution >= 4 is 29.4 Å². The number of carbonyl (C=O) groups excluding carboxylic acids is 2. The summed E-state index contributed by atoms with van der Waals surface area (Å²) in [5, 5.41) is 16.9. The van der Waals surface area contributed by atoms with Crippen LogP contribution in [0.1, 0.15) is 16.7 Å². The summed E-state index contributed by atoms with van der Waals surface area (Å²) in [5.74, 6) is -1.86. The Morgan fingerprint density at radius 2 is 1.72 bits per heavy atom. The van der Waals surface area contributed by atoms with Gasteiger partial charge in [-0.05, 0) is 43.2 Å². The van der Waals surface area contributed by atoms with Gasteiger partial charge < -0.3 is 5.32 Å². The molecular weight excluding hydrogens is 324 g/mol. The lowest BCUT2D eigenvalue weighted by Gasteiger charge is -2.06. The molecule has 0 aliphatic heterocycles. The fourth-order valence-corrected chi connectivity index (χ4v) is 2.21. The number of rotatable bonds is 4. The lowest BCUT2D eigenvalue weighted by molar-refractivity contribution is -0.385. The normalized spacial score (nSPS) is 10.5. The van der Waals surface area contributed by atoms with E-state index >= 15 is 0 Å². The molecule has 2 rings (SSSR count). The lowest BCUT2D eigenvalue weighted by atomic mass is 10.1. The van der Waals surface area contributed by atoms with Gasteiger partial charge in [0.15, 0.2) is 0 Å². The Labute approximate surface area is 143 Å². The van der Waals surface area contributed by atoms with Crippen molar-refractivity contribution in [2.75, 3.05) is 5.32 Å². The minimum atomic E-state index is -0.978. The van der Waals surface area contributed by atoms with Crippen molar-refractivity contribution < 1.29 is 14.5 Å². The van der Waals surface area contributed by atoms with Gasteiger partial charge >= 0.3 is 11.8 Å². The number of nitrogens with one attached hydrogen (secondary N) is 2. The van der Waals surface area contributed by atoms with Crippen LogP contribution in [0.25, 0.3) is 0 Å². The second kappa shape index (κ2) is 7.82. The highest BCUT2D eigenvalue weighted by Crippen LogP contribution is 2.15. The first kappa shape index (κ1) is 17.8. The Balaban J connectivity index is 2.00. The number of nitro benzene ring substituents is 1. The van der Waals surface area contributed by atoms with E-state index in [1.807, 2.05) is 25.3 Å². The van der Waals surface area contributed by atoms with Gasteiger partial charge in [0.1, 0.15) is 0 Å². The van der Waals surface area contributed by atoms with E-state index in [2.05, 4.69) is 10.4 Å². The minimum Gasteiger partial charge on any atom is -0.318 e. The van der Waals surface area contributed by atoms with Crippen molar-refractivity contribution in [3.63, 3.8) is 0 Å². The number of anilines is 1. The van der Waals surface area contributed by atoms with Crippen molar-refractivity contribution in [3.05, 3.63) is 69.3 Å². The van der Waals surface area contributed by atoms with Gasteiger partial charge in [-0.25, -0.2) is 5.43 Å². The number of hydrogen-bond donors (Lipinski definition) is 2. The van der Waals surface area contributed by atoms with Gasteiger partial charge in [0, 0.05) is 11.8 Å². The molecule has 0 aromatic heterocycles. The third-order valence-electron chi connectivity index (χ3n) is 3.19. The highest BCUT2D eigenvalue weighted by molar-refractivity contribution is 6.39. The van der Waals surface area contributed by atoms with E-state index in [9.17, 15) is 19.7 Å². The molecule has 0 saturated carbocycles. The van der Waals surface area contributed by atoms with Gasteiger partial charge in [-0.1, -0.05) is 18.2 Å². The first-order valence-electron chi connectivity index (χ1n) is 7.33. The van der Waals surface area contributed by atoms with Crippen molar-refractivity contribution in [3.8, 4) is 0 Å². The molecular formula is C17H16N4O4. The van der Waals surface area contributed by atoms with Crippen LogP contribution in [0.5, 0.6) is 0 Å². The number of aryl methyl sites for hydroxylation is 2. The summed E-state index contributed by atoms with van der Waals surface area (Å²) in [4.78, 5) is 33.9. The molecule has 8 nitrogen and oxygen atoms in total. The van der Waals surface area contributed by atoms with Gasteiger partial charge in [0.25, 0.3) is 5.69 Å². The summed E-state index contributed by atoms with van der Waals surface area (Å²) in [5.41, 5.74) is 4.50. The molecule has 0 aliphatic carbocycles. The average molecular weight is 340 g/mol. The molecule has 2 aromatic rings. The number of nitrogens with zero attached hydrogens (tertiary/aromatic N) is 2. The van der Waals surface area contributed by atoms with Crippen LogP contribution < -0.4 is 10.7 Å². The highest BCUT2D eigenvalue weighted by atomic mass is 16.6. The molecule has 0 aliphatic rings. The molecule has 0 radical (unpaired) electrons. The zero-order valence-electron chi connectivity index (χ0n) is 13.6. The second-order valence-electron chi connectivity index (χ2n) is 5.35. The van der Waals surface area contributed by atoms with Crippen LogP contribution in [0.3, 0.4) is 0 Å². The van der Waals surface area contributed by atoms with E-state index < -0.39 is 16.7 Å². The lowest BCUT2D eigenvalue weighted by Crippen LogP contribution is -2.32. The summed E-state index contributed by atoms with van der Waals surface area (Å²) >= 11 is 0. The van der Waals surface area contributed by atoms with Crippen LogP contribution in [-0.4, -0.2) is 23.0 Å². The molecule has 25 heavy (non-hydrogen) atoms. The fourth-order valence-electron chi connectivity index (χ4n) is 2.21. The van der Waals surface area contributed by atoms with E-state index in [0.29, 0.717) is 5.69 Å². The maximum atomic E-state index is 11.8. The van der Waals surface area contributed by atoms with E-state index in [4.69, 9.17) is 0 Å². The third kappa shape index (κ3) is 4.96. The quantitative estimate of drug-likeness (QED) is 0.385. The number of benzene rings is 2. The second-order valence-corrected chi connectivity index (χ2v) is 5.35. The number of amides is 2. The van der Waals surface area contributed by atoms with Crippen LogP contribution in [0.15, 0.2) is 47.6 Å². The summed E-state index contributed by atoms with van der Waals surface area (Å²) in [6.07, 6.45) is 1.11. The fraction of sp³-hybridized carbons (Fsp3) is 0.118. The summed E-state index contributed by atoms with van der Waals surface area (Å²) < 4.78 is 0. The predicted molar refractivity (Wildman–Crippen MR) is 93.4 cm³/mol. The molecule has 0 fully saturated rings. The summed E-state index contributed by atoms with van der Waals surface area (Å²) in [7, 11) is 0. The van der Waals surface area contributed by atoms with Crippen LogP contribution in [0, 0.1) is 24.0 Å². The summed E-state index contributed by atoms with van der Waals surface area (Å²) in [6.45, 7) is 3.75. The van der Waals surface area contributed by atoms with Crippen molar-refractivity contribution in [1.82, 2.24) is 5.43 Å². The third-order valence-corrected chi connectivity index (χ3v) is 3.19. The predicted octanol–water partition coefficient (Wildman–Crippen LogP) is 2.30. The molecule has 0 heterocycles. The maximum absolute atomic E-state index is 11.8. The van der Waals surface area contributed by atoms with E-state index in [1.165, 1.54) is 18.2 Å². The van der Waals surface area contributed by atoms with Gasteiger partial charge in [-0.15, -0.1) is 0 Å². The molecule has 2 aromatic carbocycles. The molecule has 0 saturated heterocycles. The minimum absolute atomic E-state index is 0.153. The number of carbonyl (C=O) groups is 2. The molecule has 2 N–H and O–H groups in total. The standard InChI is InChI=1S/C17H16N4O4/c1-11-7-12(2)9-14(8-11)19-16(22)17(23)20-18-10-13-5-3-4-6-15(13)21(24)25/h3-10H,1-2H3,(H,19,22)(H,20,23)/b18-10+. The SMILES string of the molecule is Cc1cc(C)cc(NC(=O)C(=O)N/N=C/c2ccccc2[N+](=O)[O-])c1. The summed E-state index contributed by atoms with van der Waals surface area (Å²) in [6, 6.07) is 11.3. The van der Waals surface area contributed by atoms with E-state index in [-0.39, 0.29) is 11.3 Å². The number of nitro groups is 1. The Morgan fingerprint density at radius 1 is 1.08 bits per heavy atom. The van der Waals surface area contributed by atoms with Crippen molar-refractivity contribution in [1.29, 1.82) is 0 Å². The number of hydrazone groups is 1. The Hall–Kier alpha value is -3.55. The van der Waals surface area contributed by atoms with Gasteiger partial charge in [-0.3, -0.25) is 19.7 Å². The van der Waals surface area contributed by atoms with E-state index in [1.54, 1.807) is 18.2 Å². The molecule has 0 spiro atoms. The molecule has 2 amide bonds. The van der Waals surface area contributed by atoms with Gasteiger partial charge in [-0.2, -0.15) is 5.10 Å².